The minimum Gasteiger partial charge on any atom is -0.305 e. The Kier molecular flexibility index (Phi) is 1.16. The van der Waals surface area contributed by atoms with Gasteiger partial charge in [0.05, 0.1) is 5.52 Å². The van der Waals surface area contributed by atoms with Gasteiger partial charge in [-0.3, -0.25) is 4.98 Å². The molecular weight excluding hydrogens is 162 g/mol. The highest BCUT2D eigenvalue weighted by Crippen LogP contribution is 2.12. The van der Waals surface area contributed by atoms with Crippen LogP contribution in [0.15, 0.2) is 43.0 Å². The number of pyridine rings is 2. The van der Waals surface area contributed by atoms with E-state index in [1.807, 2.05) is 35.0 Å². The molecule has 3 aromatic rings. The largest absolute Gasteiger partial charge is 0.305 e. The van der Waals surface area contributed by atoms with Gasteiger partial charge in [0, 0.05) is 30.2 Å². The summed E-state index contributed by atoms with van der Waals surface area (Å²) < 4.78 is 1.97. The molecule has 13 heavy (non-hydrogen) atoms. The van der Waals surface area contributed by atoms with Gasteiger partial charge in [0.15, 0.2) is 0 Å². The van der Waals surface area contributed by atoms with Gasteiger partial charge in [0.2, 0.25) is 0 Å². The first kappa shape index (κ1) is 6.60. The van der Waals surface area contributed by atoms with Gasteiger partial charge in [-0.05, 0) is 12.1 Å². The molecule has 0 radical (unpaired) electrons. The van der Waals surface area contributed by atoms with Crippen LogP contribution in [0.1, 0.15) is 0 Å². The van der Waals surface area contributed by atoms with E-state index in [2.05, 4.69) is 9.97 Å². The van der Waals surface area contributed by atoms with Gasteiger partial charge >= 0.3 is 0 Å². The summed E-state index contributed by atoms with van der Waals surface area (Å²) in [6.07, 6.45) is 7.49. The summed E-state index contributed by atoms with van der Waals surface area (Å²) in [4.78, 5) is 8.47. The van der Waals surface area contributed by atoms with Crippen molar-refractivity contribution in [3.05, 3.63) is 43.0 Å². The van der Waals surface area contributed by atoms with Gasteiger partial charge in [0.25, 0.3) is 0 Å². The normalized spacial score (nSPS) is 11.1. The summed E-state index contributed by atoms with van der Waals surface area (Å²) in [7, 11) is 0. The molecule has 0 amide bonds. The Balaban J connectivity index is 2.57. The first-order valence-corrected chi connectivity index (χ1v) is 4.11. The fourth-order valence-corrected chi connectivity index (χ4v) is 1.48. The highest BCUT2D eigenvalue weighted by molar-refractivity contribution is 5.80. The predicted molar refractivity (Wildman–Crippen MR) is 50.5 cm³/mol. The molecule has 3 rings (SSSR count). The number of aromatic nitrogens is 3. The Labute approximate surface area is 74.7 Å². The molecule has 0 aliphatic carbocycles. The summed E-state index contributed by atoms with van der Waals surface area (Å²) in [5.74, 6) is 0. The SMILES string of the molecule is c1cnc2cn3ccnc3cc2c1. The molecule has 3 nitrogen and oxygen atoms in total. The average Bonchev–Trinajstić information content (AvgIpc) is 2.61. The quantitative estimate of drug-likeness (QED) is 0.514. The molecule has 0 bridgehead atoms. The molecule has 0 aliphatic heterocycles. The zero-order valence-electron chi connectivity index (χ0n) is 6.88. The fraction of sp³-hybridized carbons (Fsp3) is 0. The highest BCUT2D eigenvalue weighted by Gasteiger charge is 1.97. The third kappa shape index (κ3) is 0.902. The van der Waals surface area contributed by atoms with E-state index >= 15 is 0 Å². The second kappa shape index (κ2) is 2.29. The maximum absolute atomic E-state index is 4.26. The van der Waals surface area contributed by atoms with Crippen LogP contribution >= 0.6 is 0 Å². The zero-order chi connectivity index (χ0) is 8.67. The molecule has 0 aromatic carbocycles. The van der Waals surface area contributed by atoms with Crippen molar-refractivity contribution in [3.8, 4) is 0 Å². The van der Waals surface area contributed by atoms with Crippen LogP contribution in [0.4, 0.5) is 0 Å². The lowest BCUT2D eigenvalue weighted by molar-refractivity contribution is 1.19. The van der Waals surface area contributed by atoms with E-state index in [0.717, 1.165) is 16.6 Å². The standard InChI is InChI=1S/C10H7N3/c1-2-8-6-10-12-4-5-13(10)7-9(8)11-3-1/h1-7H. The Bertz CT molecular complexity index is 519. The lowest BCUT2D eigenvalue weighted by Gasteiger charge is -1.97. The number of fused-ring (bicyclic) bond motifs is 2. The minimum atomic E-state index is 0.959. The third-order valence-electron chi connectivity index (χ3n) is 2.12. The van der Waals surface area contributed by atoms with Crippen molar-refractivity contribution >= 4 is 16.6 Å². The topological polar surface area (TPSA) is 30.2 Å². The van der Waals surface area contributed by atoms with Crippen LogP contribution in [0, 0.1) is 0 Å². The molecule has 0 fully saturated rings. The molecule has 0 saturated heterocycles. The molecular formula is C10H7N3. The second-order valence-electron chi connectivity index (χ2n) is 2.94. The number of rotatable bonds is 0. The highest BCUT2D eigenvalue weighted by atomic mass is 15.0. The zero-order valence-corrected chi connectivity index (χ0v) is 6.88. The maximum Gasteiger partial charge on any atom is 0.137 e. The Morgan fingerprint density at radius 3 is 3.15 bits per heavy atom. The first-order valence-electron chi connectivity index (χ1n) is 4.11. The van der Waals surface area contributed by atoms with Crippen molar-refractivity contribution in [1.82, 2.24) is 14.4 Å². The smallest absolute Gasteiger partial charge is 0.137 e. The molecule has 3 heteroatoms. The Morgan fingerprint density at radius 2 is 2.15 bits per heavy atom. The van der Waals surface area contributed by atoms with Gasteiger partial charge in [0.1, 0.15) is 5.65 Å². The molecule has 0 unspecified atom stereocenters. The van der Waals surface area contributed by atoms with Crippen LogP contribution in [0.5, 0.6) is 0 Å². The predicted octanol–water partition coefficient (Wildman–Crippen LogP) is 1.88. The van der Waals surface area contributed by atoms with Gasteiger partial charge < -0.3 is 4.40 Å². The van der Waals surface area contributed by atoms with E-state index < -0.39 is 0 Å². The van der Waals surface area contributed by atoms with Crippen molar-refractivity contribution in [2.45, 2.75) is 0 Å². The Hall–Kier alpha value is -1.90. The van der Waals surface area contributed by atoms with Crippen LogP contribution in [0.2, 0.25) is 0 Å². The lowest BCUT2D eigenvalue weighted by atomic mass is 10.3. The first-order chi connectivity index (χ1) is 6.43. The summed E-state index contributed by atoms with van der Waals surface area (Å²) in [6.45, 7) is 0. The van der Waals surface area contributed by atoms with Gasteiger partial charge in [-0.15, -0.1) is 0 Å². The molecule has 3 heterocycles. The molecule has 0 atom stereocenters. The minimum absolute atomic E-state index is 0.959. The van der Waals surface area contributed by atoms with Crippen LogP contribution in [0.3, 0.4) is 0 Å². The molecule has 0 saturated carbocycles. The van der Waals surface area contributed by atoms with E-state index in [0.29, 0.717) is 0 Å². The van der Waals surface area contributed by atoms with Crippen molar-refractivity contribution in [2.75, 3.05) is 0 Å². The second-order valence-corrected chi connectivity index (χ2v) is 2.94. The van der Waals surface area contributed by atoms with Crippen LogP contribution < -0.4 is 0 Å². The molecule has 0 spiro atoms. The number of hydrogen-bond acceptors (Lipinski definition) is 2. The van der Waals surface area contributed by atoms with E-state index in [1.54, 1.807) is 12.4 Å². The summed E-state index contributed by atoms with van der Waals surface area (Å²) >= 11 is 0. The number of imidazole rings is 1. The van der Waals surface area contributed by atoms with Crippen molar-refractivity contribution in [2.24, 2.45) is 0 Å². The van der Waals surface area contributed by atoms with E-state index in [-0.39, 0.29) is 0 Å². The van der Waals surface area contributed by atoms with Crippen LogP contribution in [-0.4, -0.2) is 14.4 Å². The molecule has 0 N–H and O–H groups in total. The summed E-state index contributed by atoms with van der Waals surface area (Å²) in [5, 5.41) is 1.13. The molecule has 62 valence electrons. The van der Waals surface area contributed by atoms with Gasteiger partial charge in [-0.25, -0.2) is 4.98 Å². The van der Waals surface area contributed by atoms with Crippen LogP contribution in [-0.2, 0) is 0 Å². The van der Waals surface area contributed by atoms with Gasteiger partial charge in [-0.2, -0.15) is 0 Å². The van der Waals surface area contributed by atoms with Crippen molar-refractivity contribution in [3.63, 3.8) is 0 Å². The van der Waals surface area contributed by atoms with Crippen molar-refractivity contribution in [1.29, 1.82) is 0 Å². The average molecular weight is 169 g/mol. The monoisotopic (exact) mass is 169 g/mol. The lowest BCUT2D eigenvalue weighted by Crippen LogP contribution is -1.85. The van der Waals surface area contributed by atoms with E-state index in [1.165, 1.54) is 0 Å². The van der Waals surface area contributed by atoms with Gasteiger partial charge in [-0.1, -0.05) is 6.07 Å². The summed E-state index contributed by atoms with van der Waals surface area (Å²) in [6, 6.07) is 6.00. The third-order valence-corrected chi connectivity index (χ3v) is 2.12. The molecule has 0 aliphatic rings. The van der Waals surface area contributed by atoms with Crippen LogP contribution in [0.25, 0.3) is 16.6 Å². The Morgan fingerprint density at radius 1 is 1.15 bits per heavy atom. The van der Waals surface area contributed by atoms with E-state index in [4.69, 9.17) is 0 Å². The number of hydrogen-bond donors (Lipinski definition) is 0. The number of nitrogens with zero attached hydrogens (tertiary/aromatic N) is 3. The summed E-state index contributed by atoms with van der Waals surface area (Å²) in [5.41, 5.74) is 1.95. The fourth-order valence-electron chi connectivity index (χ4n) is 1.48. The van der Waals surface area contributed by atoms with Crippen molar-refractivity contribution < 1.29 is 0 Å². The van der Waals surface area contributed by atoms with E-state index in [9.17, 15) is 0 Å². The molecule has 3 aromatic heterocycles. The maximum atomic E-state index is 4.26.